The molecule has 3 rings (SSSR count). The molecular formula is C26H36O4Si. The van der Waals surface area contributed by atoms with Gasteiger partial charge in [0.1, 0.15) is 17.1 Å². The Morgan fingerprint density at radius 2 is 1.42 bits per heavy atom. The fourth-order valence-corrected chi connectivity index (χ4v) is 5.08. The van der Waals surface area contributed by atoms with Crippen LogP contribution in [0.5, 0.6) is 11.5 Å². The van der Waals surface area contributed by atoms with Gasteiger partial charge in [-0.05, 0) is 59.9 Å². The molecule has 0 spiro atoms. The lowest BCUT2D eigenvalue weighted by Crippen LogP contribution is -2.47. The van der Waals surface area contributed by atoms with E-state index in [2.05, 4.69) is 52.1 Å². The van der Waals surface area contributed by atoms with Crippen molar-refractivity contribution >= 4 is 8.32 Å². The molecule has 4 nitrogen and oxygen atoms in total. The quantitative estimate of drug-likeness (QED) is 0.440. The molecule has 0 saturated heterocycles. The van der Waals surface area contributed by atoms with Crippen molar-refractivity contribution in [2.24, 2.45) is 0 Å². The van der Waals surface area contributed by atoms with Gasteiger partial charge in [-0.2, -0.15) is 0 Å². The maximum Gasteiger partial charge on any atom is 0.192 e. The van der Waals surface area contributed by atoms with Gasteiger partial charge in [0, 0.05) is 5.92 Å². The summed E-state index contributed by atoms with van der Waals surface area (Å²) in [7, 11) is 1.32. The van der Waals surface area contributed by atoms with Crippen LogP contribution in [0.25, 0.3) is 0 Å². The summed E-state index contributed by atoms with van der Waals surface area (Å²) < 4.78 is 17.4. The molecule has 31 heavy (non-hydrogen) atoms. The Labute approximate surface area is 188 Å². The van der Waals surface area contributed by atoms with Gasteiger partial charge in [0.15, 0.2) is 8.32 Å². The molecule has 3 atom stereocenters. The second-order valence-electron chi connectivity index (χ2n) is 9.94. The molecule has 168 valence electrons. The third-order valence-electron chi connectivity index (χ3n) is 6.86. The summed E-state index contributed by atoms with van der Waals surface area (Å²) in [6.07, 6.45) is 4.42. The van der Waals surface area contributed by atoms with Crippen LogP contribution in [-0.2, 0) is 10.0 Å². The molecule has 0 aliphatic heterocycles. The van der Waals surface area contributed by atoms with Crippen LogP contribution in [0.2, 0.25) is 18.1 Å². The first-order chi connectivity index (χ1) is 14.5. The monoisotopic (exact) mass is 440 g/mol. The number of benzene rings is 2. The smallest absolute Gasteiger partial charge is 0.192 e. The Bertz CT molecular complexity index is 896. The summed E-state index contributed by atoms with van der Waals surface area (Å²) in [5, 5.41) is 11.7. The Morgan fingerprint density at radius 3 is 1.90 bits per heavy atom. The third kappa shape index (κ3) is 5.05. The number of rotatable bonds is 6. The summed E-state index contributed by atoms with van der Waals surface area (Å²) in [5.41, 5.74) is 0.930. The Morgan fingerprint density at radius 1 is 0.903 bits per heavy atom. The van der Waals surface area contributed by atoms with Gasteiger partial charge in [-0.1, -0.05) is 57.2 Å². The lowest BCUT2D eigenvalue weighted by Gasteiger charge is -2.44. The molecule has 2 aromatic rings. The number of hydrogen-bond acceptors (Lipinski definition) is 4. The average molecular weight is 441 g/mol. The van der Waals surface area contributed by atoms with Gasteiger partial charge >= 0.3 is 0 Å². The standard InChI is InChI=1S/C26H36O4Si/c1-25(2,3)31(6,7)30-24-16-17-26(27,20-10-14-22(29-5)15-11-20)18-23(24)19-8-12-21(28-4)13-9-19/h8-17,23-24,27H,18H2,1-7H3/t23-,24+,26?/m0/s1. The van der Waals surface area contributed by atoms with E-state index in [1.54, 1.807) is 14.2 Å². The lowest BCUT2D eigenvalue weighted by atomic mass is 9.75. The van der Waals surface area contributed by atoms with Gasteiger partial charge in [0.2, 0.25) is 0 Å². The lowest BCUT2D eigenvalue weighted by molar-refractivity contribution is 0.0404. The molecule has 1 aliphatic carbocycles. The maximum absolute atomic E-state index is 11.6. The molecule has 0 bridgehead atoms. The van der Waals surface area contributed by atoms with Crippen molar-refractivity contribution in [2.45, 2.75) is 62.9 Å². The highest BCUT2D eigenvalue weighted by Gasteiger charge is 2.44. The molecule has 1 aliphatic rings. The van der Waals surface area contributed by atoms with Gasteiger partial charge in [-0.25, -0.2) is 0 Å². The van der Waals surface area contributed by atoms with Gasteiger partial charge in [0.05, 0.1) is 20.3 Å². The van der Waals surface area contributed by atoms with Crippen LogP contribution < -0.4 is 9.47 Å². The van der Waals surface area contributed by atoms with Gasteiger partial charge in [-0.15, -0.1) is 0 Å². The molecule has 0 amide bonds. The minimum absolute atomic E-state index is 0.0251. The van der Waals surface area contributed by atoms with Crippen molar-refractivity contribution in [1.82, 2.24) is 0 Å². The number of methoxy groups -OCH3 is 2. The van der Waals surface area contributed by atoms with E-state index >= 15 is 0 Å². The molecule has 1 N–H and O–H groups in total. The highest BCUT2D eigenvalue weighted by molar-refractivity contribution is 6.74. The van der Waals surface area contributed by atoms with E-state index in [1.165, 1.54) is 0 Å². The van der Waals surface area contributed by atoms with Crippen molar-refractivity contribution in [2.75, 3.05) is 14.2 Å². The van der Waals surface area contributed by atoms with E-state index < -0.39 is 13.9 Å². The van der Waals surface area contributed by atoms with E-state index in [4.69, 9.17) is 13.9 Å². The van der Waals surface area contributed by atoms with E-state index in [0.717, 1.165) is 22.6 Å². The molecule has 2 aromatic carbocycles. The molecule has 0 fully saturated rings. The van der Waals surface area contributed by atoms with Crippen molar-refractivity contribution in [1.29, 1.82) is 0 Å². The fraction of sp³-hybridized carbons (Fsp3) is 0.462. The van der Waals surface area contributed by atoms with Crippen LogP contribution in [0.15, 0.2) is 60.7 Å². The first kappa shape index (κ1) is 23.6. The minimum Gasteiger partial charge on any atom is -0.497 e. The van der Waals surface area contributed by atoms with Crippen molar-refractivity contribution in [3.05, 3.63) is 71.8 Å². The predicted octanol–water partition coefficient (Wildman–Crippen LogP) is 6.03. The van der Waals surface area contributed by atoms with Gasteiger partial charge in [0.25, 0.3) is 0 Å². The van der Waals surface area contributed by atoms with E-state index in [1.807, 2.05) is 42.5 Å². The summed E-state index contributed by atoms with van der Waals surface area (Å²) in [6, 6.07) is 15.8. The summed E-state index contributed by atoms with van der Waals surface area (Å²) >= 11 is 0. The van der Waals surface area contributed by atoms with E-state index in [0.29, 0.717) is 6.42 Å². The maximum atomic E-state index is 11.6. The van der Waals surface area contributed by atoms with E-state index in [-0.39, 0.29) is 17.1 Å². The van der Waals surface area contributed by atoms with Crippen LogP contribution >= 0.6 is 0 Å². The Kier molecular flexibility index (Phi) is 6.70. The number of aliphatic hydroxyl groups is 1. The highest BCUT2D eigenvalue weighted by Crippen LogP contribution is 2.45. The Balaban J connectivity index is 1.99. The molecule has 0 aromatic heterocycles. The number of hydrogen-bond donors (Lipinski definition) is 1. The first-order valence-corrected chi connectivity index (χ1v) is 13.8. The van der Waals surface area contributed by atoms with Gasteiger partial charge < -0.3 is 19.0 Å². The highest BCUT2D eigenvalue weighted by atomic mass is 28.4. The minimum atomic E-state index is -2.00. The molecular weight excluding hydrogens is 404 g/mol. The third-order valence-corrected chi connectivity index (χ3v) is 11.3. The fourth-order valence-electron chi connectivity index (χ4n) is 3.80. The van der Waals surface area contributed by atoms with Crippen LogP contribution in [0, 0.1) is 0 Å². The molecule has 0 radical (unpaired) electrons. The molecule has 0 heterocycles. The zero-order valence-corrected chi connectivity index (χ0v) is 20.8. The SMILES string of the molecule is COc1ccc([C@@H]2CC(O)(c3ccc(OC)cc3)C=C[C@H]2O[Si](C)(C)C(C)(C)C)cc1. The van der Waals surface area contributed by atoms with Crippen LogP contribution in [0.4, 0.5) is 0 Å². The molecule has 1 unspecified atom stereocenters. The predicted molar refractivity (Wildman–Crippen MR) is 128 cm³/mol. The van der Waals surface area contributed by atoms with Gasteiger partial charge in [-0.3, -0.25) is 0 Å². The van der Waals surface area contributed by atoms with E-state index in [9.17, 15) is 5.11 Å². The second kappa shape index (κ2) is 8.81. The first-order valence-electron chi connectivity index (χ1n) is 10.9. The van der Waals surface area contributed by atoms with Crippen LogP contribution in [0.3, 0.4) is 0 Å². The topological polar surface area (TPSA) is 47.9 Å². The van der Waals surface area contributed by atoms with Crippen molar-refractivity contribution in [3.63, 3.8) is 0 Å². The Hall–Kier alpha value is -2.08. The zero-order valence-electron chi connectivity index (χ0n) is 19.8. The summed E-state index contributed by atoms with van der Waals surface area (Å²) in [4.78, 5) is 0. The number of ether oxygens (including phenoxy) is 2. The second-order valence-corrected chi connectivity index (χ2v) is 14.7. The normalized spacial score (nSPS) is 24.1. The van der Waals surface area contributed by atoms with Crippen molar-refractivity contribution < 1.29 is 19.0 Å². The largest absolute Gasteiger partial charge is 0.497 e. The average Bonchev–Trinajstić information content (AvgIpc) is 2.74. The van der Waals surface area contributed by atoms with Crippen LogP contribution in [-0.4, -0.2) is 33.7 Å². The van der Waals surface area contributed by atoms with Crippen LogP contribution in [0.1, 0.15) is 44.2 Å². The molecule has 0 saturated carbocycles. The molecule has 5 heteroatoms. The van der Waals surface area contributed by atoms with Crippen molar-refractivity contribution in [3.8, 4) is 11.5 Å². The zero-order chi connectivity index (χ0) is 22.9. The summed E-state index contributed by atoms with van der Waals surface area (Å²) in [5.74, 6) is 1.62. The summed E-state index contributed by atoms with van der Waals surface area (Å²) in [6.45, 7) is 11.3.